The lowest BCUT2D eigenvalue weighted by Crippen LogP contribution is -2.52. The SMILES string of the molecule is Cc1cccc(N2CCN(C(=O)CNC(=O)[C@@H](N)C(C)C)CC2)c1. The van der Waals surface area contributed by atoms with Crippen LogP contribution in [0, 0.1) is 12.8 Å². The third-order valence-corrected chi connectivity index (χ3v) is 4.43. The van der Waals surface area contributed by atoms with Gasteiger partial charge in [-0.15, -0.1) is 0 Å². The molecule has 0 radical (unpaired) electrons. The number of carbonyl (C=O) groups is 2. The van der Waals surface area contributed by atoms with Crippen LogP contribution in [-0.2, 0) is 9.59 Å². The van der Waals surface area contributed by atoms with Crippen LogP contribution in [0.4, 0.5) is 5.69 Å². The standard InChI is InChI=1S/C18H28N4O2/c1-13(2)17(19)18(24)20-12-16(23)22-9-7-21(8-10-22)15-6-4-5-14(3)11-15/h4-6,11,13,17H,7-10,12,19H2,1-3H3,(H,20,24)/t17-/m0/s1. The number of benzene rings is 1. The molecule has 132 valence electrons. The van der Waals surface area contributed by atoms with Gasteiger partial charge in [0.15, 0.2) is 0 Å². The Morgan fingerprint density at radius 2 is 1.88 bits per heavy atom. The second-order valence-electron chi connectivity index (χ2n) is 6.69. The molecule has 3 N–H and O–H groups in total. The van der Waals surface area contributed by atoms with Gasteiger partial charge in [0, 0.05) is 31.9 Å². The maximum absolute atomic E-state index is 12.2. The topological polar surface area (TPSA) is 78.7 Å². The maximum Gasteiger partial charge on any atom is 0.242 e. The zero-order valence-electron chi connectivity index (χ0n) is 14.8. The molecular formula is C18H28N4O2. The van der Waals surface area contributed by atoms with Crippen LogP contribution in [0.1, 0.15) is 19.4 Å². The summed E-state index contributed by atoms with van der Waals surface area (Å²) in [6.07, 6.45) is 0. The number of nitrogens with two attached hydrogens (primary N) is 1. The molecule has 1 aliphatic heterocycles. The molecule has 6 heteroatoms. The van der Waals surface area contributed by atoms with Gasteiger partial charge in [-0.25, -0.2) is 0 Å². The van der Waals surface area contributed by atoms with E-state index in [9.17, 15) is 9.59 Å². The summed E-state index contributed by atoms with van der Waals surface area (Å²) in [5.41, 5.74) is 8.20. The number of nitrogens with zero attached hydrogens (tertiary/aromatic N) is 2. The summed E-state index contributed by atoms with van der Waals surface area (Å²) < 4.78 is 0. The molecule has 0 spiro atoms. The van der Waals surface area contributed by atoms with Crippen LogP contribution in [0.3, 0.4) is 0 Å². The van der Waals surface area contributed by atoms with Crippen LogP contribution >= 0.6 is 0 Å². The zero-order valence-corrected chi connectivity index (χ0v) is 14.8. The Labute approximate surface area is 144 Å². The van der Waals surface area contributed by atoms with Crippen LogP contribution in [0.25, 0.3) is 0 Å². The predicted octanol–water partition coefficient (Wildman–Crippen LogP) is 0.743. The number of aryl methyl sites for hydroxylation is 1. The fraction of sp³-hybridized carbons (Fsp3) is 0.556. The Hall–Kier alpha value is -2.08. The van der Waals surface area contributed by atoms with Gasteiger partial charge >= 0.3 is 0 Å². The highest BCUT2D eigenvalue weighted by Crippen LogP contribution is 2.17. The molecule has 1 heterocycles. The molecule has 0 unspecified atom stereocenters. The molecule has 6 nitrogen and oxygen atoms in total. The summed E-state index contributed by atoms with van der Waals surface area (Å²) >= 11 is 0. The van der Waals surface area contributed by atoms with Gasteiger partial charge in [0.05, 0.1) is 12.6 Å². The minimum Gasteiger partial charge on any atom is -0.368 e. The first-order valence-electron chi connectivity index (χ1n) is 8.51. The number of rotatable bonds is 5. The quantitative estimate of drug-likeness (QED) is 0.834. The van der Waals surface area contributed by atoms with E-state index in [1.165, 1.54) is 11.3 Å². The summed E-state index contributed by atoms with van der Waals surface area (Å²) in [6.45, 7) is 8.80. The molecule has 1 aromatic carbocycles. The summed E-state index contributed by atoms with van der Waals surface area (Å²) in [5.74, 6) is -0.266. The number of amides is 2. The first kappa shape index (κ1) is 18.3. The average Bonchev–Trinajstić information content (AvgIpc) is 2.58. The number of carbonyl (C=O) groups excluding carboxylic acids is 2. The highest BCUT2D eigenvalue weighted by Gasteiger charge is 2.23. The smallest absolute Gasteiger partial charge is 0.242 e. The van der Waals surface area contributed by atoms with E-state index >= 15 is 0 Å². The average molecular weight is 332 g/mol. The Morgan fingerprint density at radius 3 is 2.46 bits per heavy atom. The number of hydrogen-bond acceptors (Lipinski definition) is 4. The van der Waals surface area contributed by atoms with Crippen molar-refractivity contribution in [3.63, 3.8) is 0 Å². The molecule has 1 aliphatic rings. The van der Waals surface area contributed by atoms with Crippen LogP contribution in [0.5, 0.6) is 0 Å². The van der Waals surface area contributed by atoms with E-state index < -0.39 is 6.04 Å². The van der Waals surface area contributed by atoms with Gasteiger partial charge in [-0.2, -0.15) is 0 Å². The van der Waals surface area contributed by atoms with Crippen molar-refractivity contribution in [1.82, 2.24) is 10.2 Å². The zero-order chi connectivity index (χ0) is 17.7. The molecule has 0 bridgehead atoms. The van der Waals surface area contributed by atoms with Crippen molar-refractivity contribution in [2.45, 2.75) is 26.8 Å². The van der Waals surface area contributed by atoms with E-state index in [4.69, 9.17) is 5.73 Å². The molecule has 2 amide bonds. The van der Waals surface area contributed by atoms with Crippen molar-refractivity contribution in [1.29, 1.82) is 0 Å². The van der Waals surface area contributed by atoms with E-state index in [0.29, 0.717) is 13.1 Å². The third kappa shape index (κ3) is 4.71. The van der Waals surface area contributed by atoms with Gasteiger partial charge in [0.25, 0.3) is 0 Å². The monoisotopic (exact) mass is 332 g/mol. The normalized spacial score (nSPS) is 16.2. The second-order valence-corrected chi connectivity index (χ2v) is 6.69. The van der Waals surface area contributed by atoms with Crippen molar-refractivity contribution in [3.05, 3.63) is 29.8 Å². The third-order valence-electron chi connectivity index (χ3n) is 4.43. The van der Waals surface area contributed by atoms with Crippen molar-refractivity contribution >= 4 is 17.5 Å². The summed E-state index contributed by atoms with van der Waals surface area (Å²) in [5, 5.41) is 2.64. The van der Waals surface area contributed by atoms with E-state index in [1.54, 1.807) is 4.90 Å². The van der Waals surface area contributed by atoms with E-state index in [1.807, 2.05) is 13.8 Å². The lowest BCUT2D eigenvalue weighted by molar-refractivity contribution is -0.133. The van der Waals surface area contributed by atoms with Crippen molar-refractivity contribution in [2.24, 2.45) is 11.7 Å². The molecule has 0 saturated carbocycles. The maximum atomic E-state index is 12.2. The Balaban J connectivity index is 1.79. The highest BCUT2D eigenvalue weighted by molar-refractivity contribution is 5.87. The molecule has 1 aromatic rings. The lowest BCUT2D eigenvalue weighted by Gasteiger charge is -2.36. The lowest BCUT2D eigenvalue weighted by atomic mass is 10.1. The Bertz CT molecular complexity index is 580. The Kier molecular flexibility index (Phi) is 6.20. The molecule has 1 atom stereocenters. The van der Waals surface area contributed by atoms with Crippen LogP contribution in [0.2, 0.25) is 0 Å². The van der Waals surface area contributed by atoms with Crippen LogP contribution in [0.15, 0.2) is 24.3 Å². The predicted molar refractivity (Wildman–Crippen MR) is 95.8 cm³/mol. The molecule has 1 fully saturated rings. The van der Waals surface area contributed by atoms with Crippen molar-refractivity contribution in [2.75, 3.05) is 37.6 Å². The largest absolute Gasteiger partial charge is 0.368 e. The fourth-order valence-electron chi connectivity index (χ4n) is 2.73. The molecule has 24 heavy (non-hydrogen) atoms. The minimum atomic E-state index is -0.573. The van der Waals surface area contributed by atoms with E-state index in [-0.39, 0.29) is 24.3 Å². The van der Waals surface area contributed by atoms with Crippen molar-refractivity contribution in [3.8, 4) is 0 Å². The number of nitrogens with one attached hydrogen (secondary N) is 1. The fourth-order valence-corrected chi connectivity index (χ4v) is 2.73. The van der Waals surface area contributed by atoms with E-state index in [0.717, 1.165) is 13.1 Å². The Morgan fingerprint density at radius 1 is 1.21 bits per heavy atom. The van der Waals surface area contributed by atoms with Gasteiger partial charge < -0.3 is 20.9 Å². The molecule has 1 saturated heterocycles. The van der Waals surface area contributed by atoms with Gasteiger partial charge in [-0.3, -0.25) is 9.59 Å². The van der Waals surface area contributed by atoms with Crippen LogP contribution < -0.4 is 16.0 Å². The number of piperazine rings is 1. The summed E-state index contributed by atoms with van der Waals surface area (Å²) in [4.78, 5) is 28.2. The molecule has 2 rings (SSSR count). The van der Waals surface area contributed by atoms with Gasteiger partial charge in [0.1, 0.15) is 0 Å². The highest BCUT2D eigenvalue weighted by atomic mass is 16.2. The molecular weight excluding hydrogens is 304 g/mol. The van der Waals surface area contributed by atoms with Gasteiger partial charge in [-0.05, 0) is 30.5 Å². The van der Waals surface area contributed by atoms with Gasteiger partial charge in [-0.1, -0.05) is 26.0 Å². The minimum absolute atomic E-state index is 0.0176. The first-order valence-corrected chi connectivity index (χ1v) is 8.51. The first-order chi connectivity index (χ1) is 11.4. The number of anilines is 1. The van der Waals surface area contributed by atoms with Crippen LogP contribution in [-0.4, -0.2) is 55.5 Å². The second kappa shape index (κ2) is 8.15. The van der Waals surface area contributed by atoms with Gasteiger partial charge in [0.2, 0.25) is 11.8 Å². The van der Waals surface area contributed by atoms with Crippen molar-refractivity contribution < 1.29 is 9.59 Å². The summed E-state index contributed by atoms with van der Waals surface area (Å²) in [6, 6.07) is 7.81. The molecule has 0 aromatic heterocycles. The number of hydrogen-bond donors (Lipinski definition) is 2. The van der Waals surface area contributed by atoms with E-state index in [2.05, 4.69) is 41.4 Å². The summed E-state index contributed by atoms with van der Waals surface area (Å²) in [7, 11) is 0. The molecule has 0 aliphatic carbocycles.